The third-order valence-electron chi connectivity index (χ3n) is 5.21. The fourth-order valence-corrected chi connectivity index (χ4v) is 3.72. The maximum Gasteiger partial charge on any atom is 0.251 e. The van der Waals surface area contributed by atoms with Gasteiger partial charge in [-0.2, -0.15) is 0 Å². The van der Waals surface area contributed by atoms with Gasteiger partial charge < -0.3 is 20.4 Å². The Balaban J connectivity index is 1.59. The molecule has 1 saturated heterocycles. The van der Waals surface area contributed by atoms with Gasteiger partial charge in [0.05, 0.1) is 11.4 Å². The molecular weight excluding hydrogens is 316 g/mol. The Kier molecular flexibility index (Phi) is 5.58. The number of fused-ring (bicyclic) bond motifs is 3. The number of rotatable bonds is 7. The molecule has 1 atom stereocenters. The van der Waals surface area contributed by atoms with E-state index in [1.165, 1.54) is 0 Å². The number of nitrogens with zero attached hydrogens (tertiary/aromatic N) is 2. The summed E-state index contributed by atoms with van der Waals surface area (Å²) in [5.74, 6) is -0.0399. The fourth-order valence-electron chi connectivity index (χ4n) is 3.72. The van der Waals surface area contributed by atoms with Gasteiger partial charge in [-0.3, -0.25) is 9.59 Å². The van der Waals surface area contributed by atoms with E-state index in [4.69, 9.17) is 0 Å². The van der Waals surface area contributed by atoms with E-state index < -0.39 is 0 Å². The topological polar surface area (TPSA) is 64.7 Å². The van der Waals surface area contributed by atoms with Crippen LogP contribution in [-0.4, -0.2) is 55.5 Å². The van der Waals surface area contributed by atoms with Crippen LogP contribution < -0.4 is 15.5 Å². The molecule has 0 spiro atoms. The average molecular weight is 344 g/mol. The molecule has 6 nitrogen and oxygen atoms in total. The SMILES string of the molecule is CCN(CC)CCCNC(=O)c1ccc2c(c1)NC(=O)C1CCCN21. The molecular formula is C19H28N4O2. The van der Waals surface area contributed by atoms with Crippen molar-refractivity contribution in [1.82, 2.24) is 10.2 Å². The Morgan fingerprint density at radius 3 is 2.92 bits per heavy atom. The van der Waals surface area contributed by atoms with Crippen LogP contribution in [-0.2, 0) is 4.79 Å². The Hall–Kier alpha value is -2.08. The van der Waals surface area contributed by atoms with E-state index in [2.05, 4.69) is 34.3 Å². The second kappa shape index (κ2) is 7.87. The summed E-state index contributed by atoms with van der Waals surface area (Å²) in [6.45, 7) is 8.92. The van der Waals surface area contributed by atoms with E-state index in [1.54, 1.807) is 6.07 Å². The predicted molar refractivity (Wildman–Crippen MR) is 100 cm³/mol. The van der Waals surface area contributed by atoms with E-state index in [-0.39, 0.29) is 17.9 Å². The minimum Gasteiger partial charge on any atom is -0.358 e. The second-order valence-electron chi connectivity index (χ2n) is 6.71. The normalized spacial score (nSPS) is 18.8. The molecule has 2 heterocycles. The van der Waals surface area contributed by atoms with Gasteiger partial charge in [-0.25, -0.2) is 0 Å². The van der Waals surface area contributed by atoms with Gasteiger partial charge in [0.25, 0.3) is 5.91 Å². The largest absolute Gasteiger partial charge is 0.358 e. The van der Waals surface area contributed by atoms with Gasteiger partial charge in [-0.1, -0.05) is 13.8 Å². The lowest BCUT2D eigenvalue weighted by Gasteiger charge is -2.33. The first-order valence-electron chi connectivity index (χ1n) is 9.36. The smallest absolute Gasteiger partial charge is 0.251 e. The molecule has 136 valence electrons. The summed E-state index contributed by atoms with van der Waals surface area (Å²) in [6.07, 6.45) is 2.87. The summed E-state index contributed by atoms with van der Waals surface area (Å²) >= 11 is 0. The zero-order chi connectivity index (χ0) is 17.8. The summed E-state index contributed by atoms with van der Waals surface area (Å²) < 4.78 is 0. The highest BCUT2D eigenvalue weighted by Gasteiger charge is 2.36. The highest BCUT2D eigenvalue weighted by atomic mass is 16.2. The monoisotopic (exact) mass is 344 g/mol. The van der Waals surface area contributed by atoms with Crippen LogP contribution in [0.15, 0.2) is 18.2 Å². The number of amides is 2. The molecule has 1 aromatic rings. The molecule has 0 bridgehead atoms. The number of carbonyl (C=O) groups excluding carboxylic acids is 2. The van der Waals surface area contributed by atoms with Gasteiger partial charge in [0.15, 0.2) is 0 Å². The molecule has 1 aromatic carbocycles. The van der Waals surface area contributed by atoms with Crippen molar-refractivity contribution in [3.05, 3.63) is 23.8 Å². The molecule has 0 saturated carbocycles. The van der Waals surface area contributed by atoms with Crippen molar-refractivity contribution >= 4 is 23.2 Å². The van der Waals surface area contributed by atoms with Crippen molar-refractivity contribution in [3.8, 4) is 0 Å². The third-order valence-corrected chi connectivity index (χ3v) is 5.21. The Labute approximate surface area is 149 Å². The minimum absolute atomic E-state index is 0.0433. The molecule has 2 aliphatic heterocycles. The Morgan fingerprint density at radius 1 is 1.36 bits per heavy atom. The summed E-state index contributed by atoms with van der Waals surface area (Å²) in [5, 5.41) is 5.93. The molecule has 1 unspecified atom stereocenters. The molecule has 2 amide bonds. The number of hydrogen-bond donors (Lipinski definition) is 2. The fraction of sp³-hybridized carbons (Fsp3) is 0.579. The molecule has 0 radical (unpaired) electrons. The number of benzene rings is 1. The predicted octanol–water partition coefficient (Wildman–Crippen LogP) is 2.07. The highest BCUT2D eigenvalue weighted by Crippen LogP contribution is 2.37. The zero-order valence-corrected chi connectivity index (χ0v) is 15.2. The lowest BCUT2D eigenvalue weighted by molar-refractivity contribution is -0.117. The van der Waals surface area contributed by atoms with Crippen molar-refractivity contribution in [3.63, 3.8) is 0 Å². The minimum atomic E-state index is -0.0832. The summed E-state index contributed by atoms with van der Waals surface area (Å²) in [4.78, 5) is 29.1. The van der Waals surface area contributed by atoms with Crippen LogP contribution in [0.2, 0.25) is 0 Å². The first-order chi connectivity index (χ1) is 12.1. The second-order valence-corrected chi connectivity index (χ2v) is 6.71. The summed E-state index contributed by atoms with van der Waals surface area (Å²) in [5.41, 5.74) is 2.37. The Morgan fingerprint density at radius 2 is 2.16 bits per heavy atom. The molecule has 0 aromatic heterocycles. The first kappa shape index (κ1) is 17.7. The van der Waals surface area contributed by atoms with Crippen LogP contribution in [0.5, 0.6) is 0 Å². The van der Waals surface area contributed by atoms with Gasteiger partial charge in [0.1, 0.15) is 6.04 Å². The van der Waals surface area contributed by atoms with Crippen LogP contribution >= 0.6 is 0 Å². The molecule has 2 aliphatic rings. The molecule has 2 N–H and O–H groups in total. The lowest BCUT2D eigenvalue weighted by atomic mass is 10.1. The zero-order valence-electron chi connectivity index (χ0n) is 15.2. The van der Waals surface area contributed by atoms with Crippen LogP contribution in [0.4, 0.5) is 11.4 Å². The lowest BCUT2D eigenvalue weighted by Crippen LogP contribution is -2.44. The van der Waals surface area contributed by atoms with Gasteiger partial charge in [-0.15, -0.1) is 0 Å². The van der Waals surface area contributed by atoms with Crippen LogP contribution in [0.25, 0.3) is 0 Å². The van der Waals surface area contributed by atoms with Crippen LogP contribution in [0, 0.1) is 0 Å². The van der Waals surface area contributed by atoms with E-state index in [1.807, 2.05) is 12.1 Å². The number of carbonyl (C=O) groups is 2. The molecule has 6 heteroatoms. The maximum atomic E-state index is 12.4. The van der Waals surface area contributed by atoms with Crippen LogP contribution in [0.1, 0.15) is 43.5 Å². The summed E-state index contributed by atoms with van der Waals surface area (Å²) in [6, 6.07) is 5.55. The van der Waals surface area contributed by atoms with Gasteiger partial charge in [0, 0.05) is 18.7 Å². The van der Waals surface area contributed by atoms with Crippen LogP contribution in [0.3, 0.4) is 0 Å². The van der Waals surface area contributed by atoms with Gasteiger partial charge in [0.2, 0.25) is 5.91 Å². The highest BCUT2D eigenvalue weighted by molar-refractivity contribution is 6.06. The molecule has 1 fully saturated rings. The third kappa shape index (κ3) is 3.79. The average Bonchev–Trinajstić information content (AvgIpc) is 3.12. The van der Waals surface area contributed by atoms with Crippen molar-refractivity contribution in [2.45, 2.75) is 39.2 Å². The van der Waals surface area contributed by atoms with E-state index in [9.17, 15) is 9.59 Å². The van der Waals surface area contributed by atoms with Crippen molar-refractivity contribution in [1.29, 1.82) is 0 Å². The number of nitrogens with one attached hydrogen (secondary N) is 2. The first-order valence-corrected chi connectivity index (χ1v) is 9.36. The molecule has 0 aliphatic carbocycles. The molecule has 25 heavy (non-hydrogen) atoms. The van der Waals surface area contributed by atoms with Crippen molar-refractivity contribution < 1.29 is 9.59 Å². The maximum absolute atomic E-state index is 12.4. The van der Waals surface area contributed by atoms with E-state index in [0.29, 0.717) is 12.1 Å². The van der Waals surface area contributed by atoms with Crippen molar-refractivity contribution in [2.24, 2.45) is 0 Å². The van der Waals surface area contributed by atoms with E-state index >= 15 is 0 Å². The standard InChI is InChI=1S/C19H28N4O2/c1-3-22(4-2)11-6-10-20-18(24)14-8-9-16-15(13-14)21-19(25)17-7-5-12-23(16)17/h8-9,13,17H,3-7,10-12H2,1-2H3,(H,20,24)(H,21,25). The van der Waals surface area contributed by atoms with Gasteiger partial charge in [-0.05, 0) is 57.1 Å². The molecule has 3 rings (SSSR count). The number of hydrogen-bond acceptors (Lipinski definition) is 4. The quantitative estimate of drug-likeness (QED) is 0.743. The Bertz CT molecular complexity index is 642. The van der Waals surface area contributed by atoms with Crippen molar-refractivity contribution in [2.75, 3.05) is 42.9 Å². The summed E-state index contributed by atoms with van der Waals surface area (Å²) in [7, 11) is 0. The van der Waals surface area contributed by atoms with E-state index in [0.717, 1.165) is 56.8 Å². The number of anilines is 2. The van der Waals surface area contributed by atoms with Gasteiger partial charge >= 0.3 is 0 Å².